The Labute approximate surface area is 124 Å². The Kier molecular flexibility index (Phi) is 4.12. The molecular formula is C16H21NO4. The van der Waals surface area contributed by atoms with Crippen LogP contribution in [0.4, 0.5) is 0 Å². The molecule has 1 aliphatic heterocycles. The molecule has 0 radical (unpaired) electrons. The van der Waals surface area contributed by atoms with Gasteiger partial charge in [0, 0.05) is 19.1 Å². The number of β-amino-alcohol motifs (C(OH)–C–C–N with tert-alkyl or cyclic N) is 1. The van der Waals surface area contributed by atoms with E-state index in [9.17, 15) is 9.90 Å². The molecule has 0 spiro atoms. The number of aliphatic hydroxyl groups is 1. The monoisotopic (exact) mass is 291 g/mol. The lowest BCUT2D eigenvalue weighted by molar-refractivity contribution is 0.0688. The summed E-state index contributed by atoms with van der Waals surface area (Å²) in [6.45, 7) is 1.36. The lowest BCUT2D eigenvalue weighted by atomic mass is 10.2. The molecule has 0 bridgehead atoms. The zero-order valence-corrected chi connectivity index (χ0v) is 11.9. The first-order valence-electron chi connectivity index (χ1n) is 7.55. The molecule has 21 heavy (non-hydrogen) atoms. The van der Waals surface area contributed by atoms with E-state index in [1.807, 2.05) is 0 Å². The summed E-state index contributed by atoms with van der Waals surface area (Å²) in [4.78, 5) is 13.3. The lowest BCUT2D eigenvalue weighted by Crippen LogP contribution is -2.32. The van der Waals surface area contributed by atoms with Crippen LogP contribution in [0.1, 0.15) is 36.0 Å². The van der Waals surface area contributed by atoms with Crippen molar-refractivity contribution in [3.63, 3.8) is 0 Å². The predicted molar refractivity (Wildman–Crippen MR) is 77.7 cm³/mol. The Morgan fingerprint density at radius 1 is 1.24 bits per heavy atom. The molecule has 3 rings (SSSR count). The van der Waals surface area contributed by atoms with Gasteiger partial charge in [0.1, 0.15) is 18.0 Å². The average molecular weight is 291 g/mol. The maximum Gasteiger partial charge on any atom is 0.335 e. The number of hydrogen-bond acceptors (Lipinski definition) is 4. The molecule has 1 aromatic carbocycles. The summed E-state index contributed by atoms with van der Waals surface area (Å²) >= 11 is 0. The molecule has 1 heterocycles. The van der Waals surface area contributed by atoms with Gasteiger partial charge >= 0.3 is 5.97 Å². The van der Waals surface area contributed by atoms with Crippen molar-refractivity contribution in [3.8, 4) is 5.75 Å². The number of rotatable bonds is 4. The Bertz CT molecular complexity index is 513. The third-order valence-corrected chi connectivity index (χ3v) is 4.47. The van der Waals surface area contributed by atoms with Crippen molar-refractivity contribution in [1.29, 1.82) is 0 Å². The van der Waals surface area contributed by atoms with E-state index in [1.54, 1.807) is 12.1 Å². The van der Waals surface area contributed by atoms with Gasteiger partial charge in [-0.1, -0.05) is 18.9 Å². The zero-order valence-electron chi connectivity index (χ0n) is 11.9. The molecule has 114 valence electrons. The molecule has 0 amide bonds. The molecule has 2 aliphatic rings. The number of hydrogen-bond donors (Lipinski definition) is 2. The Balaban J connectivity index is 1.64. The van der Waals surface area contributed by atoms with Gasteiger partial charge < -0.3 is 14.9 Å². The van der Waals surface area contributed by atoms with Crippen molar-refractivity contribution in [2.24, 2.45) is 0 Å². The van der Waals surface area contributed by atoms with E-state index in [0.29, 0.717) is 24.9 Å². The Morgan fingerprint density at radius 3 is 2.71 bits per heavy atom. The maximum atomic E-state index is 11.0. The largest absolute Gasteiger partial charge is 0.486 e. The molecule has 0 unspecified atom stereocenters. The number of nitrogens with zero attached hydrogens (tertiary/aromatic N) is 1. The number of carboxylic acid groups (broad SMARTS) is 1. The van der Waals surface area contributed by atoms with Gasteiger partial charge in [-0.2, -0.15) is 0 Å². The van der Waals surface area contributed by atoms with E-state index in [0.717, 1.165) is 0 Å². The first-order valence-corrected chi connectivity index (χ1v) is 7.55. The van der Waals surface area contributed by atoms with E-state index >= 15 is 0 Å². The summed E-state index contributed by atoms with van der Waals surface area (Å²) in [7, 11) is 0. The number of carbonyl (C=O) groups is 1. The smallest absolute Gasteiger partial charge is 0.335 e. The van der Waals surface area contributed by atoms with Gasteiger partial charge in [0.25, 0.3) is 0 Å². The van der Waals surface area contributed by atoms with Crippen LogP contribution in [-0.2, 0) is 0 Å². The van der Waals surface area contributed by atoms with Crippen LogP contribution in [0.2, 0.25) is 0 Å². The third kappa shape index (κ3) is 3.19. The van der Waals surface area contributed by atoms with Gasteiger partial charge in [-0.25, -0.2) is 4.79 Å². The normalized spacial score (nSPS) is 27.1. The van der Waals surface area contributed by atoms with Crippen molar-refractivity contribution in [1.82, 2.24) is 4.90 Å². The van der Waals surface area contributed by atoms with E-state index in [1.165, 1.54) is 37.8 Å². The number of aliphatic hydroxyl groups excluding tert-OH is 1. The second-order valence-corrected chi connectivity index (χ2v) is 5.95. The van der Waals surface area contributed by atoms with E-state index in [-0.39, 0.29) is 11.7 Å². The summed E-state index contributed by atoms with van der Waals surface area (Å²) in [6, 6.07) is 7.00. The van der Waals surface area contributed by atoms with Crippen LogP contribution in [0.25, 0.3) is 0 Å². The highest BCUT2D eigenvalue weighted by molar-refractivity contribution is 5.87. The van der Waals surface area contributed by atoms with Gasteiger partial charge in [-0.15, -0.1) is 0 Å². The van der Waals surface area contributed by atoms with Crippen molar-refractivity contribution < 1.29 is 19.7 Å². The Morgan fingerprint density at radius 2 is 2.00 bits per heavy atom. The fourth-order valence-corrected chi connectivity index (χ4v) is 3.35. The number of benzene rings is 1. The first-order chi connectivity index (χ1) is 10.1. The standard InChI is InChI=1S/C16H21NO4/c18-14-9-17(12-5-1-2-6-12)10-15(14)21-13-7-3-4-11(8-13)16(19)20/h3-4,7-8,12,14-15,18H,1-2,5-6,9-10H2,(H,19,20)/t14-,15-/m1/s1. The minimum Gasteiger partial charge on any atom is -0.486 e. The van der Waals surface area contributed by atoms with Crippen LogP contribution in [-0.4, -0.2) is 52.4 Å². The fourth-order valence-electron chi connectivity index (χ4n) is 3.35. The molecule has 1 saturated heterocycles. The number of ether oxygens (including phenoxy) is 1. The van der Waals surface area contributed by atoms with Crippen molar-refractivity contribution in [2.45, 2.75) is 43.9 Å². The minimum absolute atomic E-state index is 0.202. The van der Waals surface area contributed by atoms with Crippen LogP contribution in [0.3, 0.4) is 0 Å². The van der Waals surface area contributed by atoms with Gasteiger partial charge in [-0.3, -0.25) is 4.90 Å². The summed E-state index contributed by atoms with van der Waals surface area (Å²) in [6.07, 6.45) is 4.14. The molecule has 1 aliphatic carbocycles. The van der Waals surface area contributed by atoms with Crippen LogP contribution in [0.15, 0.2) is 24.3 Å². The molecule has 2 atom stereocenters. The molecular weight excluding hydrogens is 270 g/mol. The number of likely N-dealkylation sites (tertiary alicyclic amines) is 1. The van der Waals surface area contributed by atoms with Crippen LogP contribution in [0.5, 0.6) is 5.75 Å². The van der Waals surface area contributed by atoms with Gasteiger partial charge in [0.15, 0.2) is 0 Å². The number of carboxylic acids is 1. The summed E-state index contributed by atoms with van der Waals surface area (Å²) < 4.78 is 5.81. The molecule has 2 fully saturated rings. The molecule has 5 nitrogen and oxygen atoms in total. The first kappa shape index (κ1) is 14.4. The van der Waals surface area contributed by atoms with Crippen molar-refractivity contribution in [3.05, 3.63) is 29.8 Å². The van der Waals surface area contributed by atoms with E-state index in [4.69, 9.17) is 9.84 Å². The second kappa shape index (κ2) is 6.03. The topological polar surface area (TPSA) is 70.0 Å². The van der Waals surface area contributed by atoms with Crippen LogP contribution >= 0.6 is 0 Å². The quantitative estimate of drug-likeness (QED) is 0.884. The van der Waals surface area contributed by atoms with Gasteiger partial charge in [-0.05, 0) is 31.0 Å². The van der Waals surface area contributed by atoms with E-state index < -0.39 is 12.1 Å². The highest BCUT2D eigenvalue weighted by Crippen LogP contribution is 2.28. The SMILES string of the molecule is O=C(O)c1cccc(O[C@@H]2CN(C3CCCC3)C[C@H]2O)c1. The van der Waals surface area contributed by atoms with E-state index in [2.05, 4.69) is 4.90 Å². The van der Waals surface area contributed by atoms with Gasteiger partial charge in [0.05, 0.1) is 5.56 Å². The predicted octanol–water partition coefficient (Wildman–Crippen LogP) is 1.75. The second-order valence-electron chi connectivity index (χ2n) is 5.95. The maximum absolute atomic E-state index is 11.0. The summed E-state index contributed by atoms with van der Waals surface area (Å²) in [5, 5.41) is 19.2. The zero-order chi connectivity index (χ0) is 14.8. The number of aromatic carboxylic acids is 1. The molecule has 5 heteroatoms. The molecule has 2 N–H and O–H groups in total. The highest BCUT2D eigenvalue weighted by Gasteiger charge is 2.37. The highest BCUT2D eigenvalue weighted by atomic mass is 16.5. The van der Waals surface area contributed by atoms with Crippen LogP contribution in [0, 0.1) is 0 Å². The van der Waals surface area contributed by atoms with Crippen LogP contribution < -0.4 is 4.74 Å². The molecule has 0 aromatic heterocycles. The summed E-state index contributed by atoms with van der Waals surface area (Å²) in [5.41, 5.74) is 0.202. The lowest BCUT2D eigenvalue weighted by Gasteiger charge is -2.23. The van der Waals surface area contributed by atoms with Crippen molar-refractivity contribution >= 4 is 5.97 Å². The third-order valence-electron chi connectivity index (χ3n) is 4.47. The fraction of sp³-hybridized carbons (Fsp3) is 0.562. The summed E-state index contributed by atoms with van der Waals surface area (Å²) in [5.74, 6) is -0.466. The molecule has 1 aromatic rings. The van der Waals surface area contributed by atoms with Crippen molar-refractivity contribution in [2.75, 3.05) is 13.1 Å². The average Bonchev–Trinajstić information content (AvgIpc) is 3.10. The van der Waals surface area contributed by atoms with Gasteiger partial charge in [0.2, 0.25) is 0 Å². The minimum atomic E-state index is -0.972. The Hall–Kier alpha value is -1.59. The molecule has 1 saturated carbocycles.